The van der Waals surface area contributed by atoms with E-state index >= 15 is 0 Å². The third-order valence-electron chi connectivity index (χ3n) is 6.71. The second kappa shape index (κ2) is 11.7. The highest BCUT2D eigenvalue weighted by atomic mass is 19.4. The van der Waals surface area contributed by atoms with E-state index in [2.05, 4.69) is 16.4 Å². The van der Waals surface area contributed by atoms with Crippen molar-refractivity contribution in [3.63, 3.8) is 0 Å². The van der Waals surface area contributed by atoms with Crippen molar-refractivity contribution in [2.45, 2.75) is 70.4 Å². The fourth-order valence-electron chi connectivity index (χ4n) is 4.40. The molecule has 0 bridgehead atoms. The van der Waals surface area contributed by atoms with Crippen molar-refractivity contribution in [3.05, 3.63) is 94.7 Å². The summed E-state index contributed by atoms with van der Waals surface area (Å²) in [7, 11) is 0. The molecule has 1 N–H and O–H groups in total. The van der Waals surface area contributed by atoms with Gasteiger partial charge in [0.05, 0.1) is 17.2 Å². The van der Waals surface area contributed by atoms with Gasteiger partial charge in [-0.1, -0.05) is 36.4 Å². The highest BCUT2D eigenvalue weighted by Gasteiger charge is 2.35. The molecule has 2 atom stereocenters. The maximum absolute atomic E-state index is 13.3. The third kappa shape index (κ3) is 6.97. The van der Waals surface area contributed by atoms with Gasteiger partial charge in [-0.2, -0.15) is 18.4 Å². The molecular formula is C30H30F3N3O4. The van der Waals surface area contributed by atoms with Crippen LogP contribution in [0.5, 0.6) is 5.88 Å². The number of carbonyl (C=O) groups is 1. The largest absolute Gasteiger partial charge is 0.462 e. The Morgan fingerprint density at radius 2 is 1.82 bits per heavy atom. The van der Waals surface area contributed by atoms with Gasteiger partial charge in [0, 0.05) is 29.8 Å². The van der Waals surface area contributed by atoms with Gasteiger partial charge in [-0.05, 0) is 63.4 Å². The lowest BCUT2D eigenvalue weighted by Crippen LogP contribution is -2.51. The van der Waals surface area contributed by atoms with Crippen LogP contribution in [0.2, 0.25) is 0 Å². The normalized spacial score (nSPS) is 18.6. The van der Waals surface area contributed by atoms with Gasteiger partial charge in [0.2, 0.25) is 5.88 Å². The van der Waals surface area contributed by atoms with Crippen molar-refractivity contribution in [1.29, 1.82) is 5.26 Å². The van der Waals surface area contributed by atoms with E-state index in [-0.39, 0.29) is 24.4 Å². The van der Waals surface area contributed by atoms with Gasteiger partial charge in [0.15, 0.2) is 18.2 Å². The van der Waals surface area contributed by atoms with E-state index in [1.807, 2.05) is 44.2 Å². The number of aromatic nitrogens is 1. The fourth-order valence-corrected chi connectivity index (χ4v) is 4.40. The number of carbonyl (C=O) groups excluding carboxylic acids is 1. The molecule has 1 aromatic heterocycles. The van der Waals surface area contributed by atoms with E-state index in [0.717, 1.165) is 28.8 Å². The molecule has 4 rings (SSSR count). The Balaban J connectivity index is 1.49. The Hall–Kier alpha value is -3.94. The molecule has 1 amide bonds. The van der Waals surface area contributed by atoms with Crippen molar-refractivity contribution in [3.8, 4) is 11.9 Å². The van der Waals surface area contributed by atoms with Gasteiger partial charge >= 0.3 is 6.18 Å². The molecule has 1 saturated heterocycles. The minimum Gasteiger partial charge on any atom is -0.462 e. The van der Waals surface area contributed by atoms with Crippen LogP contribution in [0.15, 0.2) is 66.9 Å². The number of alkyl halides is 3. The number of hydrogen-bond acceptors (Lipinski definition) is 6. The average Bonchev–Trinajstić information content (AvgIpc) is 2.90. The summed E-state index contributed by atoms with van der Waals surface area (Å²) in [4.78, 5) is 17.0. The zero-order chi connectivity index (χ0) is 29.1. The zero-order valence-electron chi connectivity index (χ0n) is 22.5. The van der Waals surface area contributed by atoms with E-state index < -0.39 is 29.3 Å². The molecule has 1 aliphatic heterocycles. The fraction of sp³-hybridized carbons (Fsp3) is 0.367. The van der Waals surface area contributed by atoms with Gasteiger partial charge < -0.3 is 19.5 Å². The van der Waals surface area contributed by atoms with E-state index in [1.165, 1.54) is 13.8 Å². The van der Waals surface area contributed by atoms with Crippen LogP contribution >= 0.6 is 0 Å². The predicted octanol–water partition coefficient (Wildman–Crippen LogP) is 6.05. The highest BCUT2D eigenvalue weighted by molar-refractivity contribution is 5.85. The number of benzene rings is 2. The number of rotatable bonds is 9. The van der Waals surface area contributed by atoms with Crippen LogP contribution in [0.1, 0.15) is 67.7 Å². The quantitative estimate of drug-likeness (QED) is 0.347. The van der Waals surface area contributed by atoms with Crippen molar-refractivity contribution >= 4 is 5.91 Å². The Labute approximate surface area is 230 Å². The number of amides is 1. The van der Waals surface area contributed by atoms with Crippen molar-refractivity contribution in [2.75, 3.05) is 0 Å². The molecule has 2 unspecified atom stereocenters. The van der Waals surface area contributed by atoms with Crippen molar-refractivity contribution in [1.82, 2.24) is 10.3 Å². The Morgan fingerprint density at radius 3 is 2.40 bits per heavy atom. The maximum Gasteiger partial charge on any atom is 0.417 e. The molecule has 0 saturated carbocycles. The zero-order valence-corrected chi connectivity index (χ0v) is 22.5. The molecular weight excluding hydrogens is 523 g/mol. The van der Waals surface area contributed by atoms with Gasteiger partial charge in [-0.15, -0.1) is 0 Å². The minimum atomic E-state index is -4.52. The molecule has 3 aromatic rings. The Bertz CT molecular complexity index is 1360. The number of halogens is 3. The van der Waals surface area contributed by atoms with Crippen LogP contribution in [-0.2, 0) is 26.9 Å². The average molecular weight is 554 g/mol. The molecule has 7 nitrogen and oxygen atoms in total. The Morgan fingerprint density at radius 1 is 1.12 bits per heavy atom. The highest BCUT2D eigenvalue weighted by Crippen LogP contribution is 2.33. The van der Waals surface area contributed by atoms with E-state index in [1.54, 1.807) is 18.2 Å². The number of nitriles is 1. The summed E-state index contributed by atoms with van der Waals surface area (Å²) in [6, 6.07) is 18.7. The van der Waals surface area contributed by atoms with E-state index in [4.69, 9.17) is 14.2 Å². The van der Waals surface area contributed by atoms with Crippen molar-refractivity contribution in [2.24, 2.45) is 0 Å². The number of nitrogens with zero attached hydrogens (tertiary/aromatic N) is 2. The van der Waals surface area contributed by atoms with Crippen LogP contribution in [0.25, 0.3) is 0 Å². The summed E-state index contributed by atoms with van der Waals surface area (Å²) in [6.07, 6.45) is -3.91. The van der Waals surface area contributed by atoms with Gasteiger partial charge in [-0.3, -0.25) is 4.79 Å². The second-order valence-electron chi connectivity index (χ2n) is 10.2. The monoisotopic (exact) mass is 553 g/mol. The molecule has 10 heteroatoms. The second-order valence-corrected chi connectivity index (χ2v) is 10.2. The number of pyridine rings is 1. The van der Waals surface area contributed by atoms with Crippen LogP contribution < -0.4 is 10.1 Å². The summed E-state index contributed by atoms with van der Waals surface area (Å²) >= 11 is 0. The molecule has 1 aliphatic rings. The van der Waals surface area contributed by atoms with Crippen LogP contribution in [0.4, 0.5) is 13.2 Å². The number of hydrogen-bond donors (Lipinski definition) is 1. The molecule has 0 spiro atoms. The summed E-state index contributed by atoms with van der Waals surface area (Å²) in [6.45, 7) is 6.72. The predicted molar refractivity (Wildman–Crippen MR) is 140 cm³/mol. The van der Waals surface area contributed by atoms with Gasteiger partial charge in [0.25, 0.3) is 5.91 Å². The summed E-state index contributed by atoms with van der Waals surface area (Å²) < 4.78 is 55.4. The molecule has 210 valence electrons. The van der Waals surface area contributed by atoms with E-state index in [0.29, 0.717) is 18.2 Å². The minimum absolute atomic E-state index is 0.104. The summed E-state index contributed by atoms with van der Waals surface area (Å²) in [5.41, 5.74) is 0.951. The lowest BCUT2D eigenvalue weighted by Gasteiger charge is -2.34. The first kappa shape index (κ1) is 29.1. The smallest absolute Gasteiger partial charge is 0.417 e. The molecule has 40 heavy (non-hydrogen) atoms. The maximum atomic E-state index is 13.3. The Kier molecular flexibility index (Phi) is 8.47. The molecule has 2 aromatic carbocycles. The standard InChI is InChI=1S/C30H30F3N3O4/c1-18(36-28(37)29(3,4)40-26-13-12-24(17-35-26)30(31,32)33)25(23-7-5-6-21(14-23)16-34)15-20-8-10-22(11-9-20)27-38-19(2)39-27/h5-14,17-19,25,27H,15H2,1-4H3,(H,36,37). The SMILES string of the molecule is CC1OC(c2ccc(CC(c3cccc(C#N)c3)C(C)NC(=O)C(C)(C)Oc3ccc(C(F)(F)F)cn3)cc2)O1. The van der Waals surface area contributed by atoms with Crippen LogP contribution in [0.3, 0.4) is 0 Å². The molecule has 0 aliphatic carbocycles. The molecule has 2 heterocycles. The first-order chi connectivity index (χ1) is 18.9. The van der Waals surface area contributed by atoms with Crippen molar-refractivity contribution < 1.29 is 32.2 Å². The molecule has 0 radical (unpaired) electrons. The van der Waals surface area contributed by atoms with Crippen LogP contribution in [0, 0.1) is 11.3 Å². The van der Waals surface area contributed by atoms with Gasteiger partial charge in [-0.25, -0.2) is 4.98 Å². The topological polar surface area (TPSA) is 93.5 Å². The van der Waals surface area contributed by atoms with Gasteiger partial charge in [0.1, 0.15) is 0 Å². The summed E-state index contributed by atoms with van der Waals surface area (Å²) in [5.74, 6) is -0.779. The van der Waals surface area contributed by atoms with Crippen LogP contribution in [-0.4, -0.2) is 28.8 Å². The summed E-state index contributed by atoms with van der Waals surface area (Å²) in [5, 5.41) is 12.4. The van der Waals surface area contributed by atoms with E-state index in [9.17, 15) is 23.2 Å². The number of nitrogens with one attached hydrogen (secondary N) is 1. The first-order valence-electron chi connectivity index (χ1n) is 12.8. The lowest BCUT2D eigenvalue weighted by atomic mass is 9.85. The first-order valence-corrected chi connectivity index (χ1v) is 12.8. The molecule has 1 fully saturated rings. The lowest BCUT2D eigenvalue weighted by molar-refractivity contribution is -0.382. The third-order valence-corrected chi connectivity index (χ3v) is 6.71. The number of ether oxygens (including phenoxy) is 3.